The van der Waals surface area contributed by atoms with Gasteiger partial charge >= 0.3 is 0 Å². The molecule has 0 bridgehead atoms. The van der Waals surface area contributed by atoms with E-state index in [1.54, 1.807) is 11.3 Å². The average molecular weight is 301 g/mol. The molecule has 21 heavy (non-hydrogen) atoms. The Bertz CT molecular complexity index is 623. The second kappa shape index (κ2) is 6.00. The van der Waals surface area contributed by atoms with E-state index in [1.165, 1.54) is 10.4 Å². The number of benzene rings is 1. The van der Waals surface area contributed by atoms with Crippen molar-refractivity contribution in [2.45, 2.75) is 25.3 Å². The van der Waals surface area contributed by atoms with Crippen LogP contribution in [-0.4, -0.2) is 17.6 Å². The van der Waals surface area contributed by atoms with Crippen LogP contribution in [0.3, 0.4) is 0 Å². The van der Waals surface area contributed by atoms with E-state index in [4.69, 9.17) is 0 Å². The number of aliphatic hydroxyl groups excluding tert-OH is 1. The Morgan fingerprint density at radius 3 is 2.76 bits per heavy atom. The zero-order valence-electron chi connectivity index (χ0n) is 12.0. The minimum absolute atomic E-state index is 0.0516. The summed E-state index contributed by atoms with van der Waals surface area (Å²) in [4.78, 5) is 13.7. The standard InChI is InChI=1S/C17H19NO2S/c1-11-7-8-21-16(11)13-9-14(13)17(20)18-15(10-19)12-5-3-2-4-6-12/h2-8,13-15,19H,9-10H2,1H3,(H,18,20). The van der Waals surface area contributed by atoms with E-state index in [2.05, 4.69) is 23.7 Å². The monoisotopic (exact) mass is 301 g/mol. The molecule has 1 aliphatic rings. The summed E-state index contributed by atoms with van der Waals surface area (Å²) in [7, 11) is 0. The normalized spacial score (nSPS) is 21.8. The Morgan fingerprint density at radius 1 is 1.38 bits per heavy atom. The van der Waals surface area contributed by atoms with Crippen LogP contribution in [0.1, 0.15) is 34.4 Å². The zero-order chi connectivity index (χ0) is 14.8. The number of hydrogen-bond acceptors (Lipinski definition) is 3. The molecule has 1 amide bonds. The van der Waals surface area contributed by atoms with Gasteiger partial charge in [-0.15, -0.1) is 11.3 Å². The molecule has 1 aromatic heterocycles. The summed E-state index contributed by atoms with van der Waals surface area (Å²) in [5.74, 6) is 0.468. The number of aliphatic hydroxyl groups is 1. The molecule has 3 nitrogen and oxygen atoms in total. The summed E-state index contributed by atoms with van der Waals surface area (Å²) in [5, 5.41) is 14.6. The van der Waals surface area contributed by atoms with Crippen molar-refractivity contribution in [3.05, 3.63) is 57.8 Å². The van der Waals surface area contributed by atoms with Gasteiger partial charge in [0.1, 0.15) is 0 Å². The molecule has 0 saturated heterocycles. The summed E-state index contributed by atoms with van der Waals surface area (Å²) >= 11 is 1.73. The van der Waals surface area contributed by atoms with Crippen molar-refractivity contribution in [3.8, 4) is 0 Å². The van der Waals surface area contributed by atoms with E-state index in [1.807, 2.05) is 30.3 Å². The lowest BCUT2D eigenvalue weighted by Gasteiger charge is -2.16. The van der Waals surface area contributed by atoms with Gasteiger partial charge in [0.05, 0.1) is 12.6 Å². The number of hydrogen-bond donors (Lipinski definition) is 2. The predicted octanol–water partition coefficient (Wildman–Crippen LogP) is 3.01. The molecule has 3 rings (SSSR count). The summed E-state index contributed by atoms with van der Waals surface area (Å²) in [6.45, 7) is 2.02. The van der Waals surface area contributed by atoms with Crippen LogP contribution < -0.4 is 5.32 Å². The minimum Gasteiger partial charge on any atom is -0.394 e. The molecular weight excluding hydrogens is 282 g/mol. The van der Waals surface area contributed by atoms with E-state index in [0.29, 0.717) is 5.92 Å². The molecule has 0 aliphatic heterocycles. The summed E-state index contributed by atoms with van der Waals surface area (Å²) < 4.78 is 0. The lowest BCUT2D eigenvalue weighted by atomic mass is 10.1. The second-order valence-corrected chi connectivity index (χ2v) is 6.52. The third kappa shape index (κ3) is 3.01. The van der Waals surface area contributed by atoms with Gasteiger partial charge in [0, 0.05) is 16.7 Å². The van der Waals surface area contributed by atoms with Crippen molar-refractivity contribution in [2.24, 2.45) is 5.92 Å². The van der Waals surface area contributed by atoms with Crippen molar-refractivity contribution in [1.29, 1.82) is 0 Å². The highest BCUT2D eigenvalue weighted by molar-refractivity contribution is 7.10. The zero-order valence-corrected chi connectivity index (χ0v) is 12.8. The van der Waals surface area contributed by atoms with E-state index in [0.717, 1.165) is 12.0 Å². The van der Waals surface area contributed by atoms with Gasteiger partial charge in [-0.3, -0.25) is 4.79 Å². The second-order valence-electron chi connectivity index (χ2n) is 5.57. The highest BCUT2D eigenvalue weighted by Gasteiger charge is 2.45. The maximum absolute atomic E-state index is 12.3. The average Bonchev–Trinajstić information content (AvgIpc) is 3.20. The van der Waals surface area contributed by atoms with Crippen LogP contribution in [0.4, 0.5) is 0 Å². The molecule has 1 saturated carbocycles. The highest BCUT2D eigenvalue weighted by Crippen LogP contribution is 2.50. The SMILES string of the molecule is Cc1ccsc1C1CC1C(=O)NC(CO)c1ccccc1. The van der Waals surface area contributed by atoms with Crippen LogP contribution >= 0.6 is 11.3 Å². The Kier molecular flexibility index (Phi) is 4.08. The molecule has 3 atom stereocenters. The first-order valence-electron chi connectivity index (χ1n) is 7.21. The Balaban J connectivity index is 1.63. The van der Waals surface area contributed by atoms with Crippen LogP contribution in [0.2, 0.25) is 0 Å². The summed E-state index contributed by atoms with van der Waals surface area (Å²) in [6, 6.07) is 11.4. The molecule has 1 heterocycles. The van der Waals surface area contributed by atoms with Crippen LogP contribution in [0.15, 0.2) is 41.8 Å². The number of aryl methyl sites for hydroxylation is 1. The Morgan fingerprint density at radius 2 is 2.14 bits per heavy atom. The van der Waals surface area contributed by atoms with E-state index in [9.17, 15) is 9.90 Å². The van der Waals surface area contributed by atoms with Crippen molar-refractivity contribution >= 4 is 17.2 Å². The third-order valence-electron chi connectivity index (χ3n) is 4.07. The molecule has 1 aromatic carbocycles. The van der Waals surface area contributed by atoms with E-state index in [-0.39, 0.29) is 24.5 Å². The van der Waals surface area contributed by atoms with Crippen molar-refractivity contribution in [3.63, 3.8) is 0 Å². The van der Waals surface area contributed by atoms with Crippen LogP contribution in [0, 0.1) is 12.8 Å². The number of amides is 1. The van der Waals surface area contributed by atoms with Crippen molar-refractivity contribution < 1.29 is 9.90 Å². The van der Waals surface area contributed by atoms with Gasteiger partial charge in [-0.2, -0.15) is 0 Å². The van der Waals surface area contributed by atoms with Gasteiger partial charge in [-0.25, -0.2) is 0 Å². The van der Waals surface area contributed by atoms with Gasteiger partial charge in [0.25, 0.3) is 0 Å². The first-order valence-corrected chi connectivity index (χ1v) is 8.09. The maximum Gasteiger partial charge on any atom is 0.224 e. The third-order valence-corrected chi connectivity index (χ3v) is 5.22. The Labute approximate surface area is 128 Å². The number of carbonyl (C=O) groups excluding carboxylic acids is 1. The molecule has 0 radical (unpaired) electrons. The summed E-state index contributed by atoms with van der Waals surface area (Å²) in [5.41, 5.74) is 2.22. The number of carbonyl (C=O) groups is 1. The first-order chi connectivity index (χ1) is 10.2. The molecule has 2 N–H and O–H groups in total. The highest BCUT2D eigenvalue weighted by atomic mass is 32.1. The number of nitrogens with one attached hydrogen (secondary N) is 1. The lowest BCUT2D eigenvalue weighted by molar-refractivity contribution is -0.123. The molecule has 1 fully saturated rings. The molecule has 3 unspecified atom stereocenters. The van der Waals surface area contributed by atoms with Gasteiger partial charge in [0.15, 0.2) is 0 Å². The lowest BCUT2D eigenvalue weighted by Crippen LogP contribution is -2.32. The fourth-order valence-corrected chi connectivity index (χ4v) is 3.85. The number of rotatable bonds is 5. The van der Waals surface area contributed by atoms with Gasteiger partial charge in [-0.05, 0) is 35.9 Å². The maximum atomic E-state index is 12.3. The topological polar surface area (TPSA) is 49.3 Å². The van der Waals surface area contributed by atoms with Gasteiger partial charge in [-0.1, -0.05) is 30.3 Å². The van der Waals surface area contributed by atoms with E-state index >= 15 is 0 Å². The largest absolute Gasteiger partial charge is 0.394 e. The van der Waals surface area contributed by atoms with Gasteiger partial charge in [0.2, 0.25) is 5.91 Å². The minimum atomic E-state index is -0.315. The van der Waals surface area contributed by atoms with E-state index < -0.39 is 0 Å². The fraction of sp³-hybridized carbons (Fsp3) is 0.353. The van der Waals surface area contributed by atoms with Crippen LogP contribution in [-0.2, 0) is 4.79 Å². The fourth-order valence-electron chi connectivity index (χ4n) is 2.74. The molecule has 0 spiro atoms. The van der Waals surface area contributed by atoms with Crippen LogP contribution in [0.25, 0.3) is 0 Å². The van der Waals surface area contributed by atoms with Crippen molar-refractivity contribution in [2.75, 3.05) is 6.61 Å². The summed E-state index contributed by atoms with van der Waals surface area (Å²) in [6.07, 6.45) is 0.917. The quantitative estimate of drug-likeness (QED) is 0.892. The predicted molar refractivity (Wildman–Crippen MR) is 84.3 cm³/mol. The first kappa shape index (κ1) is 14.3. The van der Waals surface area contributed by atoms with Crippen LogP contribution in [0.5, 0.6) is 0 Å². The molecule has 1 aliphatic carbocycles. The molecular formula is C17H19NO2S. The molecule has 2 aromatic rings. The van der Waals surface area contributed by atoms with Gasteiger partial charge < -0.3 is 10.4 Å². The van der Waals surface area contributed by atoms with Crippen molar-refractivity contribution in [1.82, 2.24) is 5.32 Å². The molecule has 4 heteroatoms. The number of thiophene rings is 1. The Hall–Kier alpha value is -1.65. The smallest absolute Gasteiger partial charge is 0.224 e. The molecule has 110 valence electrons.